The minimum absolute atomic E-state index is 0.213. The molecule has 0 saturated carbocycles. The molecule has 0 amide bonds. The highest BCUT2D eigenvalue weighted by atomic mass is 32.1. The Kier molecular flexibility index (Phi) is 3.66. The monoisotopic (exact) mass is 371 g/mol. The van der Waals surface area contributed by atoms with Gasteiger partial charge in [-0.25, -0.2) is 4.39 Å². The van der Waals surface area contributed by atoms with Gasteiger partial charge in [-0.15, -0.1) is 11.3 Å². The molecule has 2 heterocycles. The normalized spacial score (nSPS) is 11.5. The predicted octanol–water partition coefficient (Wildman–Crippen LogP) is 7.47. The molecule has 0 unspecified atom stereocenters. The van der Waals surface area contributed by atoms with Crippen molar-refractivity contribution in [3.05, 3.63) is 83.7 Å². The minimum atomic E-state index is -0.213. The van der Waals surface area contributed by atoms with Crippen molar-refractivity contribution in [3.63, 3.8) is 0 Å². The van der Waals surface area contributed by atoms with Crippen molar-refractivity contribution in [2.75, 3.05) is 0 Å². The summed E-state index contributed by atoms with van der Waals surface area (Å²) in [7, 11) is 0. The molecule has 27 heavy (non-hydrogen) atoms. The quantitative estimate of drug-likeness (QED) is 0.331. The van der Waals surface area contributed by atoms with E-state index in [1.165, 1.54) is 32.2 Å². The molecule has 1 nitrogen and oxygen atoms in total. The summed E-state index contributed by atoms with van der Waals surface area (Å²) in [5.41, 5.74) is 6.67. The van der Waals surface area contributed by atoms with E-state index in [-0.39, 0.29) is 5.82 Å². The maximum atomic E-state index is 14.0. The number of thiophene rings is 1. The van der Waals surface area contributed by atoms with E-state index in [4.69, 9.17) is 0 Å². The summed E-state index contributed by atoms with van der Waals surface area (Å²) in [6.07, 6.45) is 0. The van der Waals surface area contributed by atoms with Crippen molar-refractivity contribution in [2.24, 2.45) is 0 Å². The van der Waals surface area contributed by atoms with Gasteiger partial charge in [-0.1, -0.05) is 48.0 Å². The molecule has 0 spiro atoms. The van der Waals surface area contributed by atoms with Crippen molar-refractivity contribution in [1.82, 2.24) is 4.98 Å². The second kappa shape index (κ2) is 6.07. The topological polar surface area (TPSA) is 15.8 Å². The summed E-state index contributed by atoms with van der Waals surface area (Å²) < 4.78 is 15.3. The van der Waals surface area contributed by atoms with Crippen molar-refractivity contribution in [1.29, 1.82) is 0 Å². The van der Waals surface area contributed by atoms with Crippen LogP contribution in [-0.2, 0) is 0 Å². The average molecular weight is 371 g/mol. The van der Waals surface area contributed by atoms with Crippen LogP contribution in [0.3, 0.4) is 0 Å². The van der Waals surface area contributed by atoms with E-state index >= 15 is 0 Å². The first-order valence-corrected chi connectivity index (χ1v) is 9.80. The summed E-state index contributed by atoms with van der Waals surface area (Å²) in [5.74, 6) is -0.213. The Morgan fingerprint density at radius 2 is 1.63 bits per heavy atom. The number of hydrogen-bond acceptors (Lipinski definition) is 1. The number of aromatic amines is 1. The zero-order chi connectivity index (χ0) is 18.5. The third-order valence-corrected chi connectivity index (χ3v) is 6.46. The van der Waals surface area contributed by atoms with Crippen LogP contribution >= 0.6 is 11.3 Å². The van der Waals surface area contributed by atoms with Gasteiger partial charge in [-0.3, -0.25) is 0 Å². The minimum Gasteiger partial charge on any atom is -0.353 e. The molecule has 0 atom stereocenters. The van der Waals surface area contributed by atoms with Crippen molar-refractivity contribution < 1.29 is 4.39 Å². The van der Waals surface area contributed by atoms with Gasteiger partial charge >= 0.3 is 0 Å². The fourth-order valence-electron chi connectivity index (χ4n) is 3.77. The highest BCUT2D eigenvalue weighted by Gasteiger charge is 2.19. The molecule has 132 valence electrons. The number of hydrogen-bond donors (Lipinski definition) is 1. The molecule has 3 aromatic carbocycles. The van der Waals surface area contributed by atoms with Gasteiger partial charge < -0.3 is 4.98 Å². The molecule has 0 fully saturated rings. The Labute approximate surface area is 161 Å². The van der Waals surface area contributed by atoms with E-state index < -0.39 is 0 Å². The predicted molar refractivity (Wildman–Crippen MR) is 114 cm³/mol. The van der Waals surface area contributed by atoms with E-state index in [0.29, 0.717) is 0 Å². The molecular weight excluding hydrogens is 353 g/mol. The van der Waals surface area contributed by atoms with Gasteiger partial charge in [0.05, 0.1) is 10.6 Å². The summed E-state index contributed by atoms with van der Waals surface area (Å²) in [6.45, 7) is 4.24. The number of fused-ring (bicyclic) bond motifs is 2. The lowest BCUT2D eigenvalue weighted by molar-refractivity contribution is 0.630. The molecule has 5 aromatic rings. The molecule has 3 heteroatoms. The maximum absolute atomic E-state index is 14.0. The molecule has 1 N–H and O–H groups in total. The summed E-state index contributed by atoms with van der Waals surface area (Å²) in [6, 6.07) is 21.9. The van der Waals surface area contributed by atoms with E-state index in [0.717, 1.165) is 27.7 Å². The van der Waals surface area contributed by atoms with Crippen LogP contribution in [0.2, 0.25) is 0 Å². The Morgan fingerprint density at radius 1 is 0.852 bits per heavy atom. The van der Waals surface area contributed by atoms with Crippen LogP contribution < -0.4 is 0 Å². The Hall–Kier alpha value is -2.91. The number of nitrogens with one attached hydrogen (secondary N) is 1. The van der Waals surface area contributed by atoms with Crippen LogP contribution in [0.4, 0.5) is 4.39 Å². The lowest BCUT2D eigenvalue weighted by Crippen LogP contribution is -1.83. The second-order valence-corrected chi connectivity index (χ2v) is 8.04. The Morgan fingerprint density at radius 3 is 2.41 bits per heavy atom. The summed E-state index contributed by atoms with van der Waals surface area (Å²) >= 11 is 1.78. The molecule has 5 rings (SSSR count). The van der Waals surface area contributed by atoms with Gasteiger partial charge in [-0.2, -0.15) is 0 Å². The van der Waals surface area contributed by atoms with Gasteiger partial charge in [0.1, 0.15) is 5.82 Å². The molecule has 2 aromatic heterocycles. The molecule has 0 aliphatic carbocycles. The smallest absolute Gasteiger partial charge is 0.123 e. The number of benzene rings is 3. The van der Waals surface area contributed by atoms with E-state index in [2.05, 4.69) is 67.4 Å². The van der Waals surface area contributed by atoms with Crippen LogP contribution in [0.1, 0.15) is 11.1 Å². The average Bonchev–Trinajstić information content (AvgIpc) is 3.20. The maximum Gasteiger partial charge on any atom is 0.123 e. The summed E-state index contributed by atoms with van der Waals surface area (Å²) in [5, 5.41) is 2.20. The van der Waals surface area contributed by atoms with Crippen molar-refractivity contribution in [2.45, 2.75) is 13.8 Å². The zero-order valence-electron chi connectivity index (χ0n) is 15.1. The molecule has 0 aliphatic rings. The number of halogens is 1. The second-order valence-electron chi connectivity index (χ2n) is 6.98. The van der Waals surface area contributed by atoms with Crippen LogP contribution in [0, 0.1) is 19.7 Å². The number of aromatic nitrogens is 1. The third kappa shape index (κ3) is 2.58. The first kappa shape index (κ1) is 16.3. The highest BCUT2D eigenvalue weighted by molar-refractivity contribution is 7.22. The Bertz CT molecular complexity index is 1290. The zero-order valence-corrected chi connectivity index (χ0v) is 16.0. The lowest BCUT2D eigenvalue weighted by Gasteiger charge is -2.06. The van der Waals surface area contributed by atoms with E-state index in [1.54, 1.807) is 17.4 Å². The first-order chi connectivity index (χ1) is 13.1. The van der Waals surface area contributed by atoms with E-state index in [1.807, 2.05) is 6.07 Å². The SMILES string of the molecule is Cc1ccc(-c2c(-c3sc4ccccc4c3C)[nH]c3ccc(F)cc23)cc1. The number of H-pyrrole nitrogens is 1. The van der Waals surface area contributed by atoms with Gasteiger partial charge in [0, 0.05) is 21.2 Å². The van der Waals surface area contributed by atoms with Gasteiger partial charge in [0.25, 0.3) is 0 Å². The van der Waals surface area contributed by atoms with Gasteiger partial charge in [0.15, 0.2) is 0 Å². The van der Waals surface area contributed by atoms with Crippen molar-refractivity contribution in [3.8, 4) is 21.7 Å². The first-order valence-electron chi connectivity index (χ1n) is 8.98. The third-order valence-electron chi connectivity index (χ3n) is 5.17. The van der Waals surface area contributed by atoms with E-state index in [9.17, 15) is 4.39 Å². The molecule has 0 saturated heterocycles. The van der Waals surface area contributed by atoms with Crippen LogP contribution in [-0.4, -0.2) is 4.98 Å². The van der Waals surface area contributed by atoms with Crippen LogP contribution in [0.15, 0.2) is 66.7 Å². The van der Waals surface area contributed by atoms with Crippen molar-refractivity contribution >= 4 is 32.3 Å². The standard InChI is InChI=1S/C24H18FNS/c1-14-7-9-16(10-8-14)22-19-13-17(25)11-12-20(19)26-23(22)24-15(2)18-5-3-4-6-21(18)27-24/h3-13,26H,1-2H3. The lowest BCUT2D eigenvalue weighted by atomic mass is 9.99. The fourth-order valence-corrected chi connectivity index (χ4v) is 4.98. The number of rotatable bonds is 2. The molecule has 0 aliphatic heterocycles. The highest BCUT2D eigenvalue weighted by Crippen LogP contribution is 2.44. The molecular formula is C24H18FNS. The van der Waals surface area contributed by atoms with Crippen LogP contribution in [0.5, 0.6) is 0 Å². The number of aryl methyl sites for hydroxylation is 2. The molecule has 0 radical (unpaired) electrons. The summed E-state index contributed by atoms with van der Waals surface area (Å²) in [4.78, 5) is 4.78. The largest absolute Gasteiger partial charge is 0.353 e. The van der Waals surface area contributed by atoms with Gasteiger partial charge in [-0.05, 0) is 54.6 Å². The van der Waals surface area contributed by atoms with Gasteiger partial charge in [0.2, 0.25) is 0 Å². The molecule has 0 bridgehead atoms. The fraction of sp³-hybridized carbons (Fsp3) is 0.0833. The Balaban J connectivity index is 1.87. The van der Waals surface area contributed by atoms with Crippen LogP contribution in [0.25, 0.3) is 42.7 Å².